The van der Waals surface area contributed by atoms with Gasteiger partial charge in [-0.05, 0) is 12.5 Å². The smallest absolute Gasteiger partial charge is 0.422 e. The number of hydrogen-bond acceptors (Lipinski definition) is 4. The number of aryl methyl sites for hydroxylation is 1. The summed E-state index contributed by atoms with van der Waals surface area (Å²) >= 11 is 1.63. The van der Waals surface area contributed by atoms with Gasteiger partial charge in [-0.2, -0.15) is 13.2 Å². The first-order chi connectivity index (χ1) is 12.4. The molecule has 26 heavy (non-hydrogen) atoms. The second-order valence-electron chi connectivity index (χ2n) is 5.36. The Hall–Kier alpha value is -2.29. The topological polar surface area (TPSA) is 58.5 Å². The Morgan fingerprint density at radius 2 is 1.96 bits per heavy atom. The molecule has 0 atom stereocenters. The number of ether oxygens (including phenoxy) is 1. The minimum absolute atomic E-state index is 0.195. The van der Waals surface area contributed by atoms with Crippen molar-refractivity contribution < 1.29 is 17.9 Å². The molecule has 0 aliphatic carbocycles. The van der Waals surface area contributed by atoms with Gasteiger partial charge in [0.05, 0.1) is 6.54 Å². The Morgan fingerprint density at radius 1 is 1.23 bits per heavy atom. The number of guanidine groups is 1. The van der Waals surface area contributed by atoms with Crippen LogP contribution in [0, 0.1) is 0 Å². The number of halogens is 3. The zero-order valence-corrected chi connectivity index (χ0v) is 15.4. The van der Waals surface area contributed by atoms with Gasteiger partial charge in [-0.25, -0.2) is 4.98 Å². The van der Waals surface area contributed by atoms with Crippen LogP contribution >= 0.6 is 11.3 Å². The Balaban J connectivity index is 1.89. The summed E-state index contributed by atoms with van der Waals surface area (Å²) < 4.78 is 41.9. The van der Waals surface area contributed by atoms with Gasteiger partial charge in [0.1, 0.15) is 10.8 Å². The summed E-state index contributed by atoms with van der Waals surface area (Å²) in [5, 5.41) is 7.15. The van der Waals surface area contributed by atoms with Gasteiger partial charge in [0.25, 0.3) is 0 Å². The molecule has 142 valence electrons. The summed E-state index contributed by atoms with van der Waals surface area (Å²) in [6.45, 7) is 1.56. The lowest BCUT2D eigenvalue weighted by atomic mass is 10.2. The van der Waals surface area contributed by atoms with E-state index in [1.165, 1.54) is 10.9 Å². The molecular weight excluding hydrogens is 365 g/mol. The third-order valence-corrected chi connectivity index (χ3v) is 4.53. The molecule has 9 heteroatoms. The van der Waals surface area contributed by atoms with Gasteiger partial charge in [0.2, 0.25) is 0 Å². The van der Waals surface area contributed by atoms with Crippen LogP contribution in [-0.4, -0.2) is 30.8 Å². The number of benzene rings is 1. The highest BCUT2D eigenvalue weighted by molar-refractivity contribution is 7.11. The molecule has 0 saturated carbocycles. The van der Waals surface area contributed by atoms with E-state index in [0.717, 1.165) is 11.4 Å². The lowest BCUT2D eigenvalue weighted by Gasteiger charge is -2.15. The molecule has 2 N–H and O–H groups in total. The SMILES string of the molecule is CCc1cnc(CNC(=NC)NCc2ccccc2OCC(F)(F)F)s1. The molecule has 1 heterocycles. The maximum Gasteiger partial charge on any atom is 0.422 e. The molecule has 0 aliphatic heterocycles. The lowest BCUT2D eigenvalue weighted by Crippen LogP contribution is -2.36. The molecule has 0 bridgehead atoms. The van der Waals surface area contributed by atoms with Crippen LogP contribution < -0.4 is 15.4 Å². The third-order valence-electron chi connectivity index (χ3n) is 3.39. The lowest BCUT2D eigenvalue weighted by molar-refractivity contribution is -0.153. The number of para-hydroxylation sites is 1. The summed E-state index contributed by atoms with van der Waals surface area (Å²) in [6, 6.07) is 6.60. The molecule has 0 amide bonds. The van der Waals surface area contributed by atoms with E-state index in [4.69, 9.17) is 4.74 Å². The highest BCUT2D eigenvalue weighted by Gasteiger charge is 2.28. The molecule has 0 fully saturated rings. The molecule has 0 spiro atoms. The van der Waals surface area contributed by atoms with E-state index >= 15 is 0 Å². The normalized spacial score (nSPS) is 12.1. The predicted molar refractivity (Wildman–Crippen MR) is 96.5 cm³/mol. The van der Waals surface area contributed by atoms with E-state index in [9.17, 15) is 13.2 Å². The van der Waals surface area contributed by atoms with Gasteiger partial charge in [-0.3, -0.25) is 4.99 Å². The fourth-order valence-corrected chi connectivity index (χ4v) is 2.90. The molecule has 0 unspecified atom stereocenters. The van der Waals surface area contributed by atoms with Crippen molar-refractivity contribution in [2.45, 2.75) is 32.6 Å². The van der Waals surface area contributed by atoms with Crippen molar-refractivity contribution in [2.24, 2.45) is 4.99 Å². The first-order valence-corrected chi connectivity index (χ1v) is 8.88. The molecule has 1 aromatic heterocycles. The van der Waals surface area contributed by atoms with Crippen molar-refractivity contribution in [3.05, 3.63) is 45.9 Å². The number of aliphatic imine (C=N–C) groups is 1. The van der Waals surface area contributed by atoms with Gasteiger partial charge in [-0.1, -0.05) is 25.1 Å². The molecular formula is C17H21F3N4OS. The van der Waals surface area contributed by atoms with Crippen LogP contribution in [0.2, 0.25) is 0 Å². The highest BCUT2D eigenvalue weighted by Crippen LogP contribution is 2.22. The van der Waals surface area contributed by atoms with E-state index < -0.39 is 12.8 Å². The largest absolute Gasteiger partial charge is 0.484 e. The molecule has 0 radical (unpaired) electrons. The zero-order valence-electron chi connectivity index (χ0n) is 14.6. The minimum atomic E-state index is -4.37. The van der Waals surface area contributed by atoms with E-state index in [0.29, 0.717) is 18.1 Å². The van der Waals surface area contributed by atoms with Crippen LogP contribution in [0.1, 0.15) is 22.4 Å². The quantitative estimate of drug-likeness (QED) is 0.565. The Kier molecular flexibility index (Phi) is 7.26. The molecule has 0 saturated heterocycles. The Morgan fingerprint density at radius 3 is 2.62 bits per heavy atom. The number of aromatic nitrogens is 1. The third kappa shape index (κ3) is 6.55. The molecule has 2 aromatic rings. The van der Waals surface area contributed by atoms with Crippen LogP contribution in [0.5, 0.6) is 5.75 Å². The Bertz CT molecular complexity index is 731. The first-order valence-electron chi connectivity index (χ1n) is 8.07. The standard InChI is InChI=1S/C17H21F3N4OS/c1-3-13-9-22-15(26-13)10-24-16(21-2)23-8-12-6-4-5-7-14(12)25-11-17(18,19)20/h4-7,9H,3,8,10-11H2,1-2H3,(H2,21,23,24). The summed E-state index contributed by atoms with van der Waals surface area (Å²) in [7, 11) is 1.63. The van der Waals surface area contributed by atoms with Crippen molar-refractivity contribution in [3.63, 3.8) is 0 Å². The summed E-state index contributed by atoms with van der Waals surface area (Å²) in [5.41, 5.74) is 0.613. The van der Waals surface area contributed by atoms with Crippen LogP contribution in [0.3, 0.4) is 0 Å². The van der Waals surface area contributed by atoms with Gasteiger partial charge in [0, 0.05) is 30.2 Å². The fourth-order valence-electron chi connectivity index (χ4n) is 2.10. The maximum absolute atomic E-state index is 12.4. The van der Waals surface area contributed by atoms with E-state index in [-0.39, 0.29) is 12.3 Å². The van der Waals surface area contributed by atoms with Crippen LogP contribution in [0.4, 0.5) is 13.2 Å². The van der Waals surface area contributed by atoms with Crippen molar-refractivity contribution in [2.75, 3.05) is 13.7 Å². The monoisotopic (exact) mass is 386 g/mol. The second-order valence-corrected chi connectivity index (χ2v) is 6.56. The first kappa shape index (κ1) is 20.0. The number of nitrogens with one attached hydrogen (secondary N) is 2. The van der Waals surface area contributed by atoms with E-state index in [1.54, 1.807) is 36.6 Å². The van der Waals surface area contributed by atoms with E-state index in [1.807, 2.05) is 6.20 Å². The molecule has 0 aliphatic rings. The van der Waals surface area contributed by atoms with Crippen LogP contribution in [0.25, 0.3) is 0 Å². The average Bonchev–Trinajstić information content (AvgIpc) is 3.08. The van der Waals surface area contributed by atoms with Crippen molar-refractivity contribution in [1.82, 2.24) is 15.6 Å². The van der Waals surface area contributed by atoms with Gasteiger partial charge in [0.15, 0.2) is 12.6 Å². The van der Waals surface area contributed by atoms with Gasteiger partial charge in [-0.15, -0.1) is 11.3 Å². The number of thiazole rings is 1. The van der Waals surface area contributed by atoms with Gasteiger partial charge < -0.3 is 15.4 Å². The number of hydrogen-bond donors (Lipinski definition) is 2. The molecule has 1 aromatic carbocycles. The van der Waals surface area contributed by atoms with Crippen molar-refractivity contribution >= 4 is 17.3 Å². The van der Waals surface area contributed by atoms with Crippen molar-refractivity contribution in [1.29, 1.82) is 0 Å². The van der Waals surface area contributed by atoms with E-state index in [2.05, 4.69) is 27.5 Å². The summed E-state index contributed by atoms with van der Waals surface area (Å²) in [5.74, 6) is 0.726. The van der Waals surface area contributed by atoms with Crippen molar-refractivity contribution in [3.8, 4) is 5.75 Å². The second kappa shape index (κ2) is 9.42. The number of nitrogens with zero attached hydrogens (tertiary/aromatic N) is 2. The number of alkyl halides is 3. The predicted octanol–water partition coefficient (Wildman–Crippen LogP) is 3.51. The van der Waals surface area contributed by atoms with Crippen LogP contribution in [-0.2, 0) is 19.5 Å². The molecule has 2 rings (SSSR count). The minimum Gasteiger partial charge on any atom is -0.484 e. The Labute approximate surface area is 154 Å². The van der Waals surface area contributed by atoms with Gasteiger partial charge >= 0.3 is 6.18 Å². The highest BCUT2D eigenvalue weighted by atomic mass is 32.1. The average molecular weight is 386 g/mol. The summed E-state index contributed by atoms with van der Waals surface area (Å²) in [6.07, 6.45) is -1.57. The molecule has 5 nitrogen and oxygen atoms in total. The number of rotatable bonds is 7. The van der Waals surface area contributed by atoms with Crippen LogP contribution in [0.15, 0.2) is 35.5 Å². The summed E-state index contributed by atoms with van der Waals surface area (Å²) in [4.78, 5) is 9.64. The fraction of sp³-hybridized carbons (Fsp3) is 0.412. The maximum atomic E-state index is 12.4. The zero-order chi connectivity index (χ0) is 19.0.